The molecule has 1 heterocycles. The fourth-order valence-electron chi connectivity index (χ4n) is 3.06. The Labute approximate surface area is 184 Å². The maximum Gasteiger partial charge on any atom is 0.492 e. The highest BCUT2D eigenvalue weighted by Gasteiger charge is 2.52. The van der Waals surface area contributed by atoms with Crippen LogP contribution in [0.4, 0.5) is 4.79 Å². The van der Waals surface area contributed by atoms with Crippen molar-refractivity contribution in [2.24, 2.45) is 0 Å². The zero-order valence-electron chi connectivity index (χ0n) is 18.8. The van der Waals surface area contributed by atoms with E-state index in [0.717, 1.165) is 22.3 Å². The summed E-state index contributed by atoms with van der Waals surface area (Å²) in [5.41, 5.74) is 1.71. The van der Waals surface area contributed by atoms with Crippen molar-refractivity contribution >= 4 is 19.3 Å². The predicted molar refractivity (Wildman–Crippen MR) is 122 cm³/mol. The summed E-state index contributed by atoms with van der Waals surface area (Å²) in [4.78, 5) is 12.3. The molecule has 164 valence electrons. The number of benzene rings is 2. The third kappa shape index (κ3) is 5.90. The molecule has 0 unspecified atom stereocenters. The van der Waals surface area contributed by atoms with E-state index in [1.165, 1.54) is 0 Å². The summed E-state index contributed by atoms with van der Waals surface area (Å²) in [5, 5.41) is 2.81. The zero-order valence-corrected chi connectivity index (χ0v) is 18.8. The van der Waals surface area contributed by atoms with E-state index in [9.17, 15) is 4.79 Å². The predicted octanol–water partition coefficient (Wildman–Crippen LogP) is 4.64. The summed E-state index contributed by atoms with van der Waals surface area (Å²) in [6, 6.07) is 17.2. The molecule has 6 nitrogen and oxygen atoms in total. The highest BCUT2D eigenvalue weighted by atomic mass is 16.7. The van der Waals surface area contributed by atoms with Gasteiger partial charge >= 0.3 is 13.2 Å². The number of rotatable bonds is 7. The molecule has 0 radical (unpaired) electrons. The smallest absolute Gasteiger partial charge is 0.492 e. The molecule has 0 aromatic heterocycles. The highest BCUT2D eigenvalue weighted by Crippen LogP contribution is 2.38. The van der Waals surface area contributed by atoms with Gasteiger partial charge in [0.2, 0.25) is 0 Å². The molecule has 0 spiro atoms. The average Bonchev–Trinajstić information content (AvgIpc) is 2.97. The van der Waals surface area contributed by atoms with E-state index in [1.807, 2.05) is 88.4 Å². The van der Waals surface area contributed by atoms with Crippen LogP contribution < -0.4 is 10.1 Å². The standard InChI is InChI=1S/C24H30BNO5/c1-23(2)24(3,4)31-25(30-23)20(15-18-11-13-21(28-5)14-12-18)16-26-22(27)29-17-19-9-7-6-8-10-19/h6-15H,16-17H2,1-5H3,(H,26,27). The number of carbonyl (C=O) groups is 1. The van der Waals surface area contributed by atoms with Crippen LogP contribution in [0.25, 0.3) is 6.08 Å². The van der Waals surface area contributed by atoms with E-state index in [1.54, 1.807) is 7.11 Å². The van der Waals surface area contributed by atoms with Crippen LogP contribution in [0.3, 0.4) is 0 Å². The van der Waals surface area contributed by atoms with Gasteiger partial charge in [-0.3, -0.25) is 0 Å². The first-order valence-corrected chi connectivity index (χ1v) is 10.3. The minimum Gasteiger partial charge on any atom is -0.497 e. The largest absolute Gasteiger partial charge is 0.497 e. The lowest BCUT2D eigenvalue weighted by atomic mass is 9.77. The van der Waals surface area contributed by atoms with E-state index in [4.69, 9.17) is 18.8 Å². The summed E-state index contributed by atoms with van der Waals surface area (Å²) in [6.07, 6.45) is 1.46. The summed E-state index contributed by atoms with van der Waals surface area (Å²) in [7, 11) is 1.05. The molecule has 1 N–H and O–H groups in total. The van der Waals surface area contributed by atoms with Crippen LogP contribution >= 0.6 is 0 Å². The van der Waals surface area contributed by atoms with Gasteiger partial charge in [0.25, 0.3) is 0 Å². The lowest BCUT2D eigenvalue weighted by molar-refractivity contribution is 0.00578. The maximum atomic E-state index is 12.3. The van der Waals surface area contributed by atoms with E-state index in [2.05, 4.69) is 5.32 Å². The van der Waals surface area contributed by atoms with Crippen LogP contribution in [0, 0.1) is 0 Å². The first-order chi connectivity index (χ1) is 14.7. The fourth-order valence-corrected chi connectivity index (χ4v) is 3.06. The van der Waals surface area contributed by atoms with Gasteiger partial charge in [-0.05, 0) is 56.4 Å². The third-order valence-electron chi connectivity index (χ3n) is 5.67. The molecule has 1 aliphatic heterocycles. The van der Waals surface area contributed by atoms with Crippen molar-refractivity contribution in [2.75, 3.05) is 13.7 Å². The summed E-state index contributed by atoms with van der Waals surface area (Å²) in [6.45, 7) is 8.44. The van der Waals surface area contributed by atoms with Crippen LogP contribution in [0.2, 0.25) is 0 Å². The topological polar surface area (TPSA) is 66.0 Å². The Balaban J connectivity index is 1.71. The molecule has 0 bridgehead atoms. The normalized spacial score (nSPS) is 17.3. The van der Waals surface area contributed by atoms with Gasteiger partial charge in [-0.25, -0.2) is 4.79 Å². The summed E-state index contributed by atoms with van der Waals surface area (Å²) >= 11 is 0. The number of ether oxygens (including phenoxy) is 2. The quantitative estimate of drug-likeness (QED) is 0.658. The molecule has 0 atom stereocenters. The Morgan fingerprint density at radius 2 is 1.61 bits per heavy atom. The molecule has 1 fully saturated rings. The van der Waals surface area contributed by atoms with Gasteiger partial charge in [-0.2, -0.15) is 0 Å². The second-order valence-corrected chi connectivity index (χ2v) is 8.50. The van der Waals surface area contributed by atoms with Crippen LogP contribution in [0.1, 0.15) is 38.8 Å². The van der Waals surface area contributed by atoms with Crippen molar-refractivity contribution in [1.29, 1.82) is 0 Å². The fraction of sp³-hybridized carbons (Fsp3) is 0.375. The second kappa shape index (κ2) is 9.58. The van der Waals surface area contributed by atoms with Crippen molar-refractivity contribution in [3.05, 3.63) is 71.2 Å². The molecule has 1 saturated heterocycles. The number of carbonyl (C=O) groups excluding carboxylic acids is 1. The number of amides is 1. The number of hydrogen-bond donors (Lipinski definition) is 1. The SMILES string of the molecule is COc1ccc(C=C(CNC(=O)OCc2ccccc2)B2OC(C)(C)C(C)(C)O2)cc1. The van der Waals surface area contributed by atoms with Crippen molar-refractivity contribution in [2.45, 2.75) is 45.5 Å². The van der Waals surface area contributed by atoms with Crippen molar-refractivity contribution < 1.29 is 23.6 Å². The Kier molecular flexibility index (Phi) is 7.08. The van der Waals surface area contributed by atoms with Crippen molar-refractivity contribution in [3.63, 3.8) is 0 Å². The van der Waals surface area contributed by atoms with E-state index in [-0.39, 0.29) is 13.2 Å². The number of alkyl carbamates (subject to hydrolysis) is 1. The monoisotopic (exact) mass is 423 g/mol. The van der Waals surface area contributed by atoms with Crippen molar-refractivity contribution in [3.8, 4) is 5.75 Å². The van der Waals surface area contributed by atoms with E-state index >= 15 is 0 Å². The molecule has 0 saturated carbocycles. The molecular weight excluding hydrogens is 393 g/mol. The van der Waals surface area contributed by atoms with E-state index in [0.29, 0.717) is 0 Å². The molecule has 3 rings (SSSR count). The van der Waals surface area contributed by atoms with Crippen LogP contribution in [0.15, 0.2) is 60.1 Å². The van der Waals surface area contributed by atoms with Gasteiger partial charge in [0.05, 0.1) is 18.3 Å². The molecule has 31 heavy (non-hydrogen) atoms. The Bertz CT molecular complexity index is 893. The van der Waals surface area contributed by atoms with Crippen LogP contribution in [-0.4, -0.2) is 38.1 Å². The third-order valence-corrected chi connectivity index (χ3v) is 5.67. The molecule has 1 amide bonds. The Morgan fingerprint density at radius 1 is 1.00 bits per heavy atom. The van der Waals surface area contributed by atoms with Gasteiger partial charge in [0, 0.05) is 6.54 Å². The first-order valence-electron chi connectivity index (χ1n) is 10.3. The Morgan fingerprint density at radius 3 is 2.19 bits per heavy atom. The molecule has 1 aliphatic rings. The summed E-state index contributed by atoms with van der Waals surface area (Å²) in [5.74, 6) is 0.775. The molecule has 0 aliphatic carbocycles. The minimum absolute atomic E-state index is 0.209. The number of methoxy groups -OCH3 is 1. The lowest BCUT2D eigenvalue weighted by Crippen LogP contribution is -2.41. The van der Waals surface area contributed by atoms with Crippen LogP contribution in [-0.2, 0) is 20.7 Å². The summed E-state index contributed by atoms with van der Waals surface area (Å²) < 4.78 is 23.0. The van der Waals surface area contributed by atoms with Gasteiger partial charge in [0.1, 0.15) is 12.4 Å². The Hall–Kier alpha value is -2.77. The second-order valence-electron chi connectivity index (χ2n) is 8.50. The first kappa shape index (κ1) is 22.9. The van der Waals surface area contributed by atoms with Gasteiger partial charge in [-0.1, -0.05) is 48.5 Å². The highest BCUT2D eigenvalue weighted by molar-refractivity contribution is 6.56. The van der Waals surface area contributed by atoms with E-state index < -0.39 is 24.4 Å². The van der Waals surface area contributed by atoms with Crippen molar-refractivity contribution in [1.82, 2.24) is 5.32 Å². The molecule has 2 aromatic rings. The molecule has 2 aromatic carbocycles. The van der Waals surface area contributed by atoms with Gasteiger partial charge in [-0.15, -0.1) is 0 Å². The van der Waals surface area contributed by atoms with Gasteiger partial charge in [0.15, 0.2) is 0 Å². The maximum absolute atomic E-state index is 12.3. The number of nitrogens with one attached hydrogen (secondary N) is 1. The molecular formula is C24H30BNO5. The minimum atomic E-state index is -0.582. The number of hydrogen-bond acceptors (Lipinski definition) is 5. The molecule has 7 heteroatoms. The average molecular weight is 423 g/mol. The van der Waals surface area contributed by atoms with Gasteiger partial charge < -0.3 is 24.1 Å². The van der Waals surface area contributed by atoms with Crippen LogP contribution in [0.5, 0.6) is 5.75 Å². The zero-order chi connectivity index (χ0) is 22.5. The lowest BCUT2D eigenvalue weighted by Gasteiger charge is -2.32.